The van der Waals surface area contributed by atoms with Crippen molar-refractivity contribution in [2.75, 3.05) is 5.73 Å². The highest BCUT2D eigenvalue weighted by Gasteiger charge is 2.08. The number of nitrogens with zero attached hydrogens (tertiary/aromatic N) is 1. The summed E-state index contributed by atoms with van der Waals surface area (Å²) in [4.78, 5) is 4.43. The van der Waals surface area contributed by atoms with E-state index in [2.05, 4.69) is 20.9 Å². The Morgan fingerprint density at radius 2 is 1.94 bits per heavy atom. The Hall–Kier alpha value is -1.81. The first-order chi connectivity index (χ1) is 8.24. The number of benzene rings is 2. The van der Waals surface area contributed by atoms with Crippen LogP contribution < -0.4 is 5.73 Å². The second-order valence-electron chi connectivity index (χ2n) is 3.72. The third kappa shape index (κ3) is 1.80. The molecular weight excluding hydrogens is 280 g/mol. The second-order valence-corrected chi connectivity index (χ2v) is 4.58. The molecule has 3 nitrogen and oxygen atoms in total. The van der Waals surface area contributed by atoms with Crippen molar-refractivity contribution in [2.45, 2.75) is 0 Å². The molecule has 84 valence electrons. The molecule has 2 N–H and O–H groups in total. The minimum atomic E-state index is 0.604. The van der Waals surface area contributed by atoms with Crippen molar-refractivity contribution in [3.8, 4) is 11.5 Å². The molecule has 0 saturated heterocycles. The molecule has 0 fully saturated rings. The van der Waals surface area contributed by atoms with Gasteiger partial charge in [-0.05, 0) is 46.3 Å². The lowest BCUT2D eigenvalue weighted by Gasteiger charge is -1.99. The van der Waals surface area contributed by atoms with Gasteiger partial charge in [-0.15, -0.1) is 0 Å². The third-order valence-electron chi connectivity index (χ3n) is 2.54. The van der Waals surface area contributed by atoms with Crippen LogP contribution >= 0.6 is 15.9 Å². The number of hydrogen-bond acceptors (Lipinski definition) is 3. The molecule has 0 saturated carbocycles. The SMILES string of the molecule is Nc1ccc(-c2nc3ccccc3o2)cc1Br. The molecule has 0 spiro atoms. The fourth-order valence-corrected chi connectivity index (χ4v) is 2.03. The van der Waals surface area contributed by atoms with Crippen LogP contribution in [0.3, 0.4) is 0 Å². The van der Waals surface area contributed by atoms with Gasteiger partial charge in [0.2, 0.25) is 5.89 Å². The van der Waals surface area contributed by atoms with Crippen LogP contribution in [0.5, 0.6) is 0 Å². The molecule has 0 bridgehead atoms. The number of anilines is 1. The van der Waals surface area contributed by atoms with Crippen LogP contribution in [-0.4, -0.2) is 4.98 Å². The summed E-state index contributed by atoms with van der Waals surface area (Å²) in [6, 6.07) is 13.3. The number of halogens is 1. The van der Waals surface area contributed by atoms with Crippen LogP contribution in [0.4, 0.5) is 5.69 Å². The summed E-state index contributed by atoms with van der Waals surface area (Å²) >= 11 is 3.39. The third-order valence-corrected chi connectivity index (χ3v) is 3.23. The van der Waals surface area contributed by atoms with Crippen LogP contribution in [0.1, 0.15) is 0 Å². The molecule has 0 unspecified atom stereocenters. The normalized spacial score (nSPS) is 10.9. The first-order valence-electron chi connectivity index (χ1n) is 5.15. The standard InChI is InChI=1S/C13H9BrN2O/c14-9-7-8(5-6-10(9)15)13-16-11-3-1-2-4-12(11)17-13/h1-7H,15H2. The summed E-state index contributed by atoms with van der Waals surface area (Å²) < 4.78 is 6.52. The van der Waals surface area contributed by atoms with Crippen molar-refractivity contribution in [3.63, 3.8) is 0 Å². The number of nitrogens with two attached hydrogens (primary N) is 1. The molecule has 4 heteroatoms. The average molecular weight is 289 g/mol. The van der Waals surface area contributed by atoms with Crippen LogP contribution in [0, 0.1) is 0 Å². The van der Waals surface area contributed by atoms with Crippen LogP contribution in [-0.2, 0) is 0 Å². The fourth-order valence-electron chi connectivity index (χ4n) is 1.66. The van der Waals surface area contributed by atoms with Gasteiger partial charge >= 0.3 is 0 Å². The molecule has 0 amide bonds. The quantitative estimate of drug-likeness (QED) is 0.692. The van der Waals surface area contributed by atoms with Crippen molar-refractivity contribution < 1.29 is 4.42 Å². The summed E-state index contributed by atoms with van der Waals surface area (Å²) in [5, 5.41) is 0. The number of fused-ring (bicyclic) bond motifs is 1. The molecule has 1 heterocycles. The van der Waals surface area contributed by atoms with Crippen molar-refractivity contribution >= 4 is 32.7 Å². The van der Waals surface area contributed by atoms with Gasteiger partial charge in [0.25, 0.3) is 0 Å². The number of aromatic nitrogens is 1. The molecule has 0 radical (unpaired) electrons. The van der Waals surface area contributed by atoms with E-state index in [1.807, 2.05) is 42.5 Å². The van der Waals surface area contributed by atoms with E-state index in [-0.39, 0.29) is 0 Å². The molecule has 3 rings (SSSR count). The summed E-state index contributed by atoms with van der Waals surface area (Å²) in [5.41, 5.74) is 8.99. The average Bonchev–Trinajstić information content (AvgIpc) is 2.76. The van der Waals surface area contributed by atoms with E-state index in [9.17, 15) is 0 Å². The monoisotopic (exact) mass is 288 g/mol. The van der Waals surface area contributed by atoms with Crippen LogP contribution in [0.25, 0.3) is 22.6 Å². The van der Waals surface area contributed by atoms with Crippen LogP contribution in [0.2, 0.25) is 0 Å². The Balaban J connectivity index is 2.17. The van der Waals surface area contributed by atoms with Crippen molar-refractivity contribution in [1.82, 2.24) is 4.98 Å². The zero-order valence-electron chi connectivity index (χ0n) is 8.85. The molecule has 17 heavy (non-hydrogen) atoms. The van der Waals surface area contributed by atoms with Gasteiger partial charge in [-0.25, -0.2) is 4.98 Å². The zero-order valence-corrected chi connectivity index (χ0v) is 10.4. The maximum absolute atomic E-state index is 5.74. The lowest BCUT2D eigenvalue weighted by Crippen LogP contribution is -1.86. The van der Waals surface area contributed by atoms with Gasteiger partial charge in [-0.1, -0.05) is 12.1 Å². The Morgan fingerprint density at radius 1 is 1.12 bits per heavy atom. The molecular formula is C13H9BrN2O. The maximum Gasteiger partial charge on any atom is 0.227 e. The van der Waals surface area contributed by atoms with E-state index in [1.54, 1.807) is 0 Å². The molecule has 1 aromatic heterocycles. The zero-order chi connectivity index (χ0) is 11.8. The van der Waals surface area contributed by atoms with Crippen molar-refractivity contribution in [2.24, 2.45) is 0 Å². The summed E-state index contributed by atoms with van der Waals surface area (Å²) in [5.74, 6) is 0.604. The molecule has 2 aromatic carbocycles. The number of para-hydroxylation sites is 2. The minimum Gasteiger partial charge on any atom is -0.436 e. The molecule has 0 aliphatic carbocycles. The number of hydrogen-bond donors (Lipinski definition) is 1. The highest BCUT2D eigenvalue weighted by Crippen LogP contribution is 2.28. The van der Waals surface area contributed by atoms with Gasteiger partial charge in [-0.2, -0.15) is 0 Å². The highest BCUT2D eigenvalue weighted by molar-refractivity contribution is 9.10. The number of oxazole rings is 1. The van der Waals surface area contributed by atoms with Gasteiger partial charge in [0.05, 0.1) is 0 Å². The maximum atomic E-state index is 5.74. The first-order valence-corrected chi connectivity index (χ1v) is 5.94. The summed E-state index contributed by atoms with van der Waals surface area (Å²) in [7, 11) is 0. The highest BCUT2D eigenvalue weighted by atomic mass is 79.9. The smallest absolute Gasteiger partial charge is 0.227 e. The van der Waals surface area contributed by atoms with E-state index >= 15 is 0 Å². The lowest BCUT2D eigenvalue weighted by molar-refractivity contribution is 0.620. The van der Waals surface area contributed by atoms with E-state index in [1.165, 1.54) is 0 Å². The van der Waals surface area contributed by atoms with Crippen molar-refractivity contribution in [3.05, 3.63) is 46.9 Å². The van der Waals surface area contributed by atoms with Gasteiger partial charge in [-0.3, -0.25) is 0 Å². The van der Waals surface area contributed by atoms with Gasteiger partial charge in [0.1, 0.15) is 5.52 Å². The molecule has 0 atom stereocenters. The Bertz CT molecular complexity index is 658. The predicted octanol–water partition coefficient (Wildman–Crippen LogP) is 3.84. The van der Waals surface area contributed by atoms with Crippen LogP contribution in [0.15, 0.2) is 51.4 Å². The van der Waals surface area contributed by atoms with Gasteiger partial charge < -0.3 is 10.2 Å². The van der Waals surface area contributed by atoms with E-state index < -0.39 is 0 Å². The molecule has 0 aliphatic heterocycles. The first kappa shape index (κ1) is 10.4. The molecule has 3 aromatic rings. The van der Waals surface area contributed by atoms with E-state index in [0.29, 0.717) is 11.6 Å². The number of rotatable bonds is 1. The van der Waals surface area contributed by atoms with Gasteiger partial charge in [0.15, 0.2) is 5.58 Å². The second kappa shape index (κ2) is 3.89. The van der Waals surface area contributed by atoms with E-state index in [0.717, 1.165) is 21.1 Å². The molecule has 0 aliphatic rings. The van der Waals surface area contributed by atoms with Crippen molar-refractivity contribution in [1.29, 1.82) is 0 Å². The summed E-state index contributed by atoms with van der Waals surface area (Å²) in [6.45, 7) is 0. The summed E-state index contributed by atoms with van der Waals surface area (Å²) in [6.07, 6.45) is 0. The largest absolute Gasteiger partial charge is 0.436 e. The Labute approximate surface area is 106 Å². The fraction of sp³-hybridized carbons (Fsp3) is 0. The minimum absolute atomic E-state index is 0.604. The predicted molar refractivity (Wildman–Crippen MR) is 71.6 cm³/mol. The topological polar surface area (TPSA) is 52.0 Å². The Kier molecular flexibility index (Phi) is 2.37. The van der Waals surface area contributed by atoms with E-state index in [4.69, 9.17) is 10.2 Å². The van der Waals surface area contributed by atoms with Gasteiger partial charge in [0, 0.05) is 15.7 Å². The lowest BCUT2D eigenvalue weighted by atomic mass is 10.2. The number of nitrogen functional groups attached to an aromatic ring is 1. The Morgan fingerprint density at radius 3 is 2.71 bits per heavy atom.